The Morgan fingerprint density at radius 3 is 2.44 bits per heavy atom. The topological polar surface area (TPSA) is 153 Å². The number of urea groups is 1. The van der Waals surface area contributed by atoms with E-state index in [-0.39, 0.29) is 50.2 Å². The van der Waals surface area contributed by atoms with Crippen LogP contribution >= 0.6 is 0 Å². The molecule has 0 radical (unpaired) electrons. The van der Waals surface area contributed by atoms with Gasteiger partial charge in [-0.25, -0.2) is 14.5 Å². The smallest absolute Gasteiger partial charge is 0.334 e. The summed E-state index contributed by atoms with van der Waals surface area (Å²) in [6, 6.07) is 27.7. The van der Waals surface area contributed by atoms with Crippen LogP contribution in [0.15, 0.2) is 122 Å². The maximum absolute atomic E-state index is 14.8. The second-order valence-electron chi connectivity index (χ2n) is 13.9. The van der Waals surface area contributed by atoms with Crippen LogP contribution in [0.5, 0.6) is 5.75 Å². The number of fused-ring (bicyclic) bond motifs is 2. The molecule has 0 aliphatic carbocycles. The molecule has 5 heterocycles. The number of phenolic OH excluding ortho intramolecular Hbond substituents is 1. The minimum atomic E-state index is -0.931. The molecule has 14 nitrogen and oxygen atoms in total. The first-order valence-corrected chi connectivity index (χ1v) is 18.2. The molecule has 0 bridgehead atoms. The molecule has 4 amide bonds. The van der Waals surface area contributed by atoms with Crippen molar-refractivity contribution in [1.82, 2.24) is 50.1 Å². The van der Waals surface area contributed by atoms with Crippen LogP contribution in [0.4, 0.5) is 4.79 Å². The highest BCUT2D eigenvalue weighted by atomic mass is 16.3. The third-order valence-electron chi connectivity index (χ3n) is 10.2. The number of aromatic nitrogens is 5. The number of hydrogen-bond donors (Lipinski definition) is 2. The number of pyridine rings is 2. The van der Waals surface area contributed by atoms with E-state index in [0.717, 1.165) is 33.2 Å². The largest absolute Gasteiger partial charge is 0.508 e. The average molecular weight is 737 g/mol. The molecule has 2 N–H and O–H groups in total. The van der Waals surface area contributed by atoms with Crippen molar-refractivity contribution in [2.45, 2.75) is 57.8 Å². The molecule has 8 rings (SSSR count). The summed E-state index contributed by atoms with van der Waals surface area (Å²) in [4.78, 5) is 55.8. The maximum Gasteiger partial charge on any atom is 0.334 e. The van der Waals surface area contributed by atoms with Gasteiger partial charge in [-0.3, -0.25) is 19.6 Å². The van der Waals surface area contributed by atoms with Gasteiger partial charge < -0.3 is 20.2 Å². The molecule has 2 fully saturated rings. The van der Waals surface area contributed by atoms with Crippen molar-refractivity contribution >= 4 is 28.7 Å². The summed E-state index contributed by atoms with van der Waals surface area (Å²) in [5.41, 5.74) is 4.94. The Balaban J connectivity index is 1.17. The summed E-state index contributed by atoms with van der Waals surface area (Å²) >= 11 is 0. The zero-order valence-electron chi connectivity index (χ0n) is 30.2. The van der Waals surface area contributed by atoms with E-state index >= 15 is 0 Å². The Morgan fingerprint density at radius 1 is 0.836 bits per heavy atom. The van der Waals surface area contributed by atoms with Crippen LogP contribution in [0.2, 0.25) is 0 Å². The lowest BCUT2D eigenvalue weighted by Crippen LogP contribution is -2.78. The number of carbonyl (C=O) groups excluding carboxylic acids is 3. The summed E-state index contributed by atoms with van der Waals surface area (Å²) in [5, 5.41) is 26.0. The van der Waals surface area contributed by atoms with Gasteiger partial charge in [0.15, 0.2) is 0 Å². The number of benzene rings is 3. The van der Waals surface area contributed by atoms with E-state index in [1.165, 1.54) is 0 Å². The monoisotopic (exact) mass is 736 g/mol. The number of nitrogens with zero attached hydrogens (tertiary/aromatic N) is 9. The molecule has 278 valence electrons. The lowest BCUT2D eigenvalue weighted by molar-refractivity contribution is -0.201. The van der Waals surface area contributed by atoms with Gasteiger partial charge in [0, 0.05) is 43.5 Å². The van der Waals surface area contributed by atoms with E-state index in [0.29, 0.717) is 12.2 Å². The Bertz CT molecular complexity index is 2300. The van der Waals surface area contributed by atoms with Gasteiger partial charge in [-0.1, -0.05) is 65.9 Å². The summed E-state index contributed by atoms with van der Waals surface area (Å²) in [5.74, 6) is -0.428. The van der Waals surface area contributed by atoms with Crippen molar-refractivity contribution in [2.75, 3.05) is 6.54 Å². The number of carbonyl (C=O) groups is 3. The third kappa shape index (κ3) is 7.44. The highest BCUT2D eigenvalue weighted by Crippen LogP contribution is 2.34. The van der Waals surface area contributed by atoms with Gasteiger partial charge in [0.1, 0.15) is 18.0 Å². The molecule has 2 saturated heterocycles. The lowest BCUT2D eigenvalue weighted by Gasteiger charge is -2.57. The van der Waals surface area contributed by atoms with Crippen LogP contribution in [0.3, 0.4) is 0 Å². The maximum atomic E-state index is 14.8. The lowest BCUT2D eigenvalue weighted by atomic mass is 9.94. The first-order valence-electron chi connectivity index (χ1n) is 18.2. The average Bonchev–Trinajstić information content (AvgIpc) is 3.64. The van der Waals surface area contributed by atoms with E-state index in [2.05, 4.69) is 25.6 Å². The fraction of sp³-hybridized carbons (Fsp3) is 0.244. The molecule has 0 spiro atoms. The predicted octanol–water partition coefficient (Wildman–Crippen LogP) is 4.11. The first kappa shape index (κ1) is 35.4. The van der Waals surface area contributed by atoms with Gasteiger partial charge >= 0.3 is 6.03 Å². The molecule has 1 unspecified atom stereocenters. The molecule has 6 aromatic rings. The number of amides is 4. The van der Waals surface area contributed by atoms with Gasteiger partial charge in [-0.05, 0) is 65.6 Å². The Hall–Kier alpha value is -6.67. The van der Waals surface area contributed by atoms with Crippen LogP contribution in [0.1, 0.15) is 34.9 Å². The van der Waals surface area contributed by atoms with Crippen molar-refractivity contribution in [3.63, 3.8) is 0 Å². The van der Waals surface area contributed by atoms with Gasteiger partial charge in [-0.15, -0.1) is 5.10 Å². The normalized spacial score (nSPS) is 18.8. The number of piperazine rings is 1. The molecule has 3 aromatic heterocycles. The standard InChI is InChI=1S/C41H40N10O4/c1-28-39-50(37(21-29-12-14-34(52)15-13-29)40(54)49(28)24-32-9-5-11-36-35(32)10-6-18-43-36)38(53)27-48(51(39)41(55)44-22-30-7-3-2-4-8-30)26-33-25-47(46-45-33)23-31-16-19-42-20-17-31/h2-20,25,28,37,39,52H,21-24,26-27H2,1H3,(H,44,55)/t28-,37-,39?/m0/s1. The zero-order valence-corrected chi connectivity index (χ0v) is 30.2. The van der Waals surface area contributed by atoms with E-state index in [1.807, 2.05) is 79.7 Å². The van der Waals surface area contributed by atoms with Gasteiger partial charge in [0.05, 0.1) is 43.1 Å². The van der Waals surface area contributed by atoms with Crippen LogP contribution in [0, 0.1) is 0 Å². The number of nitrogens with one attached hydrogen (secondary N) is 1. The zero-order chi connectivity index (χ0) is 37.9. The summed E-state index contributed by atoms with van der Waals surface area (Å²) in [6.07, 6.45) is 6.28. The van der Waals surface area contributed by atoms with Crippen molar-refractivity contribution in [3.8, 4) is 5.75 Å². The molecule has 55 heavy (non-hydrogen) atoms. The van der Waals surface area contributed by atoms with Crippen molar-refractivity contribution in [1.29, 1.82) is 0 Å². The summed E-state index contributed by atoms with van der Waals surface area (Å²) in [6.45, 7) is 2.79. The summed E-state index contributed by atoms with van der Waals surface area (Å²) in [7, 11) is 0. The van der Waals surface area contributed by atoms with E-state index in [4.69, 9.17) is 0 Å². The van der Waals surface area contributed by atoms with Crippen molar-refractivity contribution in [3.05, 3.63) is 150 Å². The first-order chi connectivity index (χ1) is 26.8. The van der Waals surface area contributed by atoms with E-state index in [9.17, 15) is 19.5 Å². The molecule has 3 atom stereocenters. The molecule has 3 aromatic carbocycles. The number of hydrazine groups is 1. The molecule has 2 aliphatic heterocycles. The molecule has 14 heteroatoms. The fourth-order valence-corrected chi connectivity index (χ4v) is 7.55. The summed E-state index contributed by atoms with van der Waals surface area (Å²) < 4.78 is 1.71. The minimum Gasteiger partial charge on any atom is -0.508 e. The highest BCUT2D eigenvalue weighted by molar-refractivity contribution is 5.92. The Labute approximate surface area is 317 Å². The van der Waals surface area contributed by atoms with E-state index in [1.54, 1.807) is 73.6 Å². The number of rotatable bonds is 10. The predicted molar refractivity (Wildman–Crippen MR) is 202 cm³/mol. The van der Waals surface area contributed by atoms with Gasteiger partial charge in [0.25, 0.3) is 0 Å². The molecule has 0 saturated carbocycles. The van der Waals surface area contributed by atoms with Crippen molar-refractivity contribution in [2.24, 2.45) is 0 Å². The number of phenols is 1. The van der Waals surface area contributed by atoms with Crippen LogP contribution < -0.4 is 5.32 Å². The minimum absolute atomic E-state index is 0.0973. The van der Waals surface area contributed by atoms with Gasteiger partial charge in [-0.2, -0.15) is 5.01 Å². The molecule has 2 aliphatic rings. The third-order valence-corrected chi connectivity index (χ3v) is 10.2. The number of aromatic hydroxyl groups is 1. The van der Waals surface area contributed by atoms with Crippen LogP contribution in [-0.4, -0.2) is 92.5 Å². The van der Waals surface area contributed by atoms with Crippen molar-refractivity contribution < 1.29 is 19.5 Å². The van der Waals surface area contributed by atoms with Crippen LogP contribution in [0.25, 0.3) is 10.9 Å². The second kappa shape index (κ2) is 15.4. The Morgan fingerprint density at radius 2 is 1.64 bits per heavy atom. The molecular formula is C41H40N10O4. The molecular weight excluding hydrogens is 697 g/mol. The number of hydrogen-bond acceptors (Lipinski definition) is 9. The second-order valence-corrected chi connectivity index (χ2v) is 13.9. The Kier molecular flexibility index (Phi) is 9.88. The quantitative estimate of drug-likeness (QED) is 0.212. The van der Waals surface area contributed by atoms with E-state index < -0.39 is 24.3 Å². The SMILES string of the molecule is C[C@H]1C2N(C(=O)CN(Cc3cn(Cc4ccncc4)nn3)N2C(=O)NCc2ccccc2)[C@@H](Cc2ccc(O)cc2)C(=O)N1Cc1cccc2ncccc12. The van der Waals surface area contributed by atoms with Crippen LogP contribution in [-0.2, 0) is 42.2 Å². The fourth-order valence-electron chi connectivity index (χ4n) is 7.55. The van der Waals surface area contributed by atoms with Gasteiger partial charge in [0.2, 0.25) is 11.8 Å². The highest BCUT2D eigenvalue weighted by Gasteiger charge is 2.54.